The average molecular weight is 341 g/mol. The molecule has 1 aromatic heterocycles. The van der Waals surface area contributed by atoms with E-state index in [1.165, 1.54) is 21.3 Å². The van der Waals surface area contributed by atoms with Gasteiger partial charge in [-0.2, -0.15) is 0 Å². The molecule has 0 aliphatic carbocycles. The van der Waals surface area contributed by atoms with Gasteiger partial charge in [0, 0.05) is 10.9 Å². The summed E-state index contributed by atoms with van der Waals surface area (Å²) in [7, 11) is 4.53. The monoisotopic (exact) mass is 341 g/mol. The van der Waals surface area contributed by atoms with Crippen LogP contribution in [-0.4, -0.2) is 27.2 Å². The van der Waals surface area contributed by atoms with Crippen LogP contribution < -0.4 is 19.5 Å². The third-order valence-electron chi connectivity index (χ3n) is 3.83. The van der Waals surface area contributed by atoms with E-state index in [-0.39, 0.29) is 12.5 Å². The normalized spacial score (nSPS) is 10.5. The summed E-state index contributed by atoms with van der Waals surface area (Å²) in [6, 6.07) is 12.8. The molecule has 1 heterocycles. The highest BCUT2D eigenvalue weighted by atomic mass is 16.5. The number of carbonyl (C=O) groups excluding carboxylic acids is 1. The Labute approximate surface area is 145 Å². The van der Waals surface area contributed by atoms with Gasteiger partial charge in [0.15, 0.2) is 11.5 Å². The Bertz CT molecular complexity index is 842. The third kappa shape index (κ3) is 3.38. The van der Waals surface area contributed by atoms with E-state index in [9.17, 15) is 4.79 Å². The van der Waals surface area contributed by atoms with Gasteiger partial charge in [-0.25, -0.2) is 0 Å². The van der Waals surface area contributed by atoms with Crippen molar-refractivity contribution in [2.45, 2.75) is 6.54 Å². The molecule has 130 valence electrons. The second-order valence-corrected chi connectivity index (χ2v) is 5.35. The molecular weight excluding hydrogens is 322 g/mol. The molecule has 0 atom stereocenters. The van der Waals surface area contributed by atoms with Gasteiger partial charge in [-0.05, 0) is 24.3 Å². The van der Waals surface area contributed by atoms with E-state index in [1.54, 1.807) is 12.1 Å². The number of para-hydroxylation sites is 1. The van der Waals surface area contributed by atoms with Gasteiger partial charge in [0.25, 0.3) is 5.91 Å². The molecule has 0 aliphatic rings. The minimum absolute atomic E-state index is 0.264. The minimum atomic E-state index is -0.264. The molecule has 6 nitrogen and oxygen atoms in total. The molecule has 0 saturated carbocycles. The van der Waals surface area contributed by atoms with Crippen LogP contribution in [0.3, 0.4) is 0 Å². The number of carbonyl (C=O) groups is 1. The molecule has 0 aliphatic heterocycles. The second-order valence-electron chi connectivity index (χ2n) is 5.35. The predicted molar refractivity (Wildman–Crippen MR) is 93.5 cm³/mol. The van der Waals surface area contributed by atoms with Crippen LogP contribution in [-0.2, 0) is 6.54 Å². The summed E-state index contributed by atoms with van der Waals surface area (Å²) >= 11 is 0. The van der Waals surface area contributed by atoms with Gasteiger partial charge >= 0.3 is 0 Å². The molecule has 3 aromatic rings. The Morgan fingerprint density at radius 3 is 2.28 bits per heavy atom. The molecule has 0 radical (unpaired) electrons. The van der Waals surface area contributed by atoms with Crippen molar-refractivity contribution in [3.05, 3.63) is 53.8 Å². The van der Waals surface area contributed by atoms with Crippen molar-refractivity contribution in [2.75, 3.05) is 21.3 Å². The number of methoxy groups -OCH3 is 3. The van der Waals surface area contributed by atoms with Crippen molar-refractivity contribution in [3.8, 4) is 17.2 Å². The van der Waals surface area contributed by atoms with Gasteiger partial charge in [-0.3, -0.25) is 4.79 Å². The van der Waals surface area contributed by atoms with E-state index in [1.807, 2.05) is 30.3 Å². The maximum atomic E-state index is 12.5. The van der Waals surface area contributed by atoms with Gasteiger partial charge in [0.05, 0.1) is 27.9 Å². The van der Waals surface area contributed by atoms with Crippen LogP contribution in [0, 0.1) is 0 Å². The SMILES string of the molecule is COc1cc(C(=O)NCc2cc3ccccc3o2)cc(OC)c1OC. The number of rotatable bonds is 6. The Balaban J connectivity index is 1.78. The van der Waals surface area contributed by atoms with E-state index in [0.717, 1.165) is 11.0 Å². The molecule has 0 unspecified atom stereocenters. The van der Waals surface area contributed by atoms with Crippen LogP contribution in [0.15, 0.2) is 46.9 Å². The lowest BCUT2D eigenvalue weighted by molar-refractivity contribution is 0.0947. The smallest absolute Gasteiger partial charge is 0.251 e. The highest BCUT2D eigenvalue weighted by molar-refractivity contribution is 5.95. The number of nitrogens with one attached hydrogen (secondary N) is 1. The lowest BCUT2D eigenvalue weighted by atomic mass is 10.1. The van der Waals surface area contributed by atoms with E-state index in [0.29, 0.717) is 28.6 Å². The Kier molecular flexibility index (Phi) is 4.79. The third-order valence-corrected chi connectivity index (χ3v) is 3.83. The molecular formula is C19H19NO5. The summed E-state index contributed by atoms with van der Waals surface area (Å²) in [5.41, 5.74) is 1.20. The zero-order valence-electron chi connectivity index (χ0n) is 14.3. The second kappa shape index (κ2) is 7.17. The number of benzene rings is 2. The fourth-order valence-corrected chi connectivity index (χ4v) is 2.61. The first-order chi connectivity index (χ1) is 12.2. The zero-order valence-corrected chi connectivity index (χ0v) is 14.3. The molecule has 2 aromatic carbocycles. The summed E-state index contributed by atoms with van der Waals surface area (Å²) in [6.45, 7) is 0.282. The summed E-state index contributed by atoms with van der Waals surface area (Å²) in [5.74, 6) is 1.71. The van der Waals surface area contributed by atoms with Crippen molar-refractivity contribution in [1.29, 1.82) is 0 Å². The number of hydrogen-bond donors (Lipinski definition) is 1. The van der Waals surface area contributed by atoms with Crippen LogP contribution in [0.4, 0.5) is 0 Å². The Morgan fingerprint density at radius 1 is 1.00 bits per heavy atom. The van der Waals surface area contributed by atoms with Crippen LogP contribution in [0.2, 0.25) is 0 Å². The maximum Gasteiger partial charge on any atom is 0.251 e. The maximum absolute atomic E-state index is 12.5. The minimum Gasteiger partial charge on any atom is -0.493 e. The standard InChI is InChI=1S/C19H19NO5/c1-22-16-9-13(10-17(23-2)18(16)24-3)19(21)20-11-14-8-12-6-4-5-7-15(12)25-14/h4-10H,11H2,1-3H3,(H,20,21). The van der Waals surface area contributed by atoms with Crippen LogP contribution in [0.5, 0.6) is 17.2 Å². The van der Waals surface area contributed by atoms with Crippen molar-refractivity contribution in [3.63, 3.8) is 0 Å². The lowest BCUT2D eigenvalue weighted by Crippen LogP contribution is -2.22. The number of fused-ring (bicyclic) bond motifs is 1. The lowest BCUT2D eigenvalue weighted by Gasteiger charge is -2.13. The van der Waals surface area contributed by atoms with E-state index in [4.69, 9.17) is 18.6 Å². The summed E-state index contributed by atoms with van der Waals surface area (Å²) in [5, 5.41) is 3.83. The van der Waals surface area contributed by atoms with Crippen LogP contribution in [0.25, 0.3) is 11.0 Å². The van der Waals surface area contributed by atoms with Gasteiger partial charge in [0.2, 0.25) is 5.75 Å². The zero-order chi connectivity index (χ0) is 17.8. The molecule has 1 amide bonds. The molecule has 6 heteroatoms. The largest absolute Gasteiger partial charge is 0.493 e. The molecule has 25 heavy (non-hydrogen) atoms. The highest BCUT2D eigenvalue weighted by Gasteiger charge is 2.17. The topological polar surface area (TPSA) is 69.9 Å². The Hall–Kier alpha value is -3.15. The summed E-state index contributed by atoms with van der Waals surface area (Å²) in [6.07, 6.45) is 0. The number of amides is 1. The fourth-order valence-electron chi connectivity index (χ4n) is 2.61. The Morgan fingerprint density at radius 2 is 1.68 bits per heavy atom. The van der Waals surface area contributed by atoms with Crippen LogP contribution >= 0.6 is 0 Å². The van der Waals surface area contributed by atoms with Crippen molar-refractivity contribution in [2.24, 2.45) is 0 Å². The molecule has 0 bridgehead atoms. The van der Waals surface area contributed by atoms with Crippen LogP contribution in [0.1, 0.15) is 16.1 Å². The molecule has 0 saturated heterocycles. The first kappa shape index (κ1) is 16.7. The van der Waals surface area contributed by atoms with Crippen molar-refractivity contribution < 1.29 is 23.4 Å². The first-order valence-electron chi connectivity index (χ1n) is 7.72. The summed E-state index contributed by atoms with van der Waals surface area (Å²) < 4.78 is 21.5. The number of ether oxygens (including phenoxy) is 3. The van der Waals surface area contributed by atoms with Gasteiger partial charge in [0.1, 0.15) is 11.3 Å². The average Bonchev–Trinajstić information content (AvgIpc) is 3.07. The summed E-state index contributed by atoms with van der Waals surface area (Å²) in [4.78, 5) is 12.5. The fraction of sp³-hybridized carbons (Fsp3) is 0.211. The quantitative estimate of drug-likeness (QED) is 0.744. The van der Waals surface area contributed by atoms with Crippen molar-refractivity contribution in [1.82, 2.24) is 5.32 Å². The molecule has 3 rings (SSSR count). The predicted octanol–water partition coefficient (Wildman–Crippen LogP) is 3.39. The van der Waals surface area contributed by atoms with E-state index >= 15 is 0 Å². The molecule has 1 N–H and O–H groups in total. The number of hydrogen-bond acceptors (Lipinski definition) is 5. The van der Waals surface area contributed by atoms with Crippen molar-refractivity contribution >= 4 is 16.9 Å². The van der Waals surface area contributed by atoms with Gasteiger partial charge in [-0.15, -0.1) is 0 Å². The van der Waals surface area contributed by atoms with Gasteiger partial charge in [-0.1, -0.05) is 18.2 Å². The number of furan rings is 1. The highest BCUT2D eigenvalue weighted by Crippen LogP contribution is 2.38. The van der Waals surface area contributed by atoms with Gasteiger partial charge < -0.3 is 23.9 Å². The molecule has 0 spiro atoms. The molecule has 0 fully saturated rings. The first-order valence-corrected chi connectivity index (χ1v) is 7.72. The van der Waals surface area contributed by atoms with E-state index in [2.05, 4.69) is 5.32 Å². The van der Waals surface area contributed by atoms with E-state index < -0.39 is 0 Å².